The largest absolute Gasteiger partial charge is 0.314 e. The molecule has 0 aromatic rings. The number of nitrogens with one attached hydrogen (secondary N) is 2. The first-order valence-electron chi connectivity index (χ1n) is 7.23. The predicted molar refractivity (Wildman–Crippen MR) is 73.9 cm³/mol. The van der Waals surface area contributed by atoms with Crippen LogP contribution < -0.4 is 10.6 Å². The van der Waals surface area contributed by atoms with Gasteiger partial charge in [-0.05, 0) is 12.8 Å². The summed E-state index contributed by atoms with van der Waals surface area (Å²) in [5, 5.41) is 6.59. The molecule has 1 aliphatic heterocycles. The van der Waals surface area contributed by atoms with Gasteiger partial charge in [-0.3, -0.25) is 0 Å². The third-order valence-corrected chi connectivity index (χ3v) is 3.14. The maximum absolute atomic E-state index is 3.32. The fourth-order valence-corrected chi connectivity index (χ4v) is 2.10. The summed E-state index contributed by atoms with van der Waals surface area (Å²) in [6.45, 7) is 11.9. The molecule has 0 aromatic carbocycles. The van der Waals surface area contributed by atoms with E-state index < -0.39 is 0 Å². The molecule has 2 nitrogen and oxygen atoms in total. The quantitative estimate of drug-likeness (QED) is 0.665. The molecule has 2 fully saturated rings. The number of rotatable bonds is 0. The van der Waals surface area contributed by atoms with Gasteiger partial charge in [-0.25, -0.2) is 0 Å². The summed E-state index contributed by atoms with van der Waals surface area (Å²) in [7, 11) is 0. The molecule has 0 spiro atoms. The van der Waals surface area contributed by atoms with Gasteiger partial charge in [-0.2, -0.15) is 0 Å². The number of hydrogen-bond donors (Lipinski definition) is 2. The fraction of sp³-hybridized carbons (Fsp3) is 1.00. The third-order valence-electron chi connectivity index (χ3n) is 3.14. The maximum Gasteiger partial charge on any atom is 0.0164 e. The minimum atomic E-state index is 0.675. The van der Waals surface area contributed by atoms with Crippen LogP contribution in [0.5, 0.6) is 0 Å². The lowest BCUT2D eigenvalue weighted by atomic mass is 9.91. The zero-order valence-corrected chi connectivity index (χ0v) is 11.8. The van der Waals surface area contributed by atoms with E-state index in [-0.39, 0.29) is 0 Å². The molecule has 16 heavy (non-hydrogen) atoms. The van der Waals surface area contributed by atoms with Gasteiger partial charge in [-0.15, -0.1) is 0 Å². The summed E-state index contributed by atoms with van der Waals surface area (Å²) in [5.74, 6) is 1.04. The molecule has 0 amide bonds. The van der Waals surface area contributed by atoms with Crippen LogP contribution in [0.2, 0.25) is 0 Å². The summed E-state index contributed by atoms with van der Waals surface area (Å²) in [4.78, 5) is 0. The molecule has 0 radical (unpaired) electrons. The molecule has 98 valence electrons. The Bertz CT molecular complexity index is 109. The molecule has 1 heterocycles. The van der Waals surface area contributed by atoms with Crippen LogP contribution >= 0.6 is 0 Å². The summed E-state index contributed by atoms with van der Waals surface area (Å²) < 4.78 is 0. The molecule has 1 saturated carbocycles. The zero-order chi connectivity index (χ0) is 12.2. The monoisotopic (exact) mass is 228 g/mol. The second-order valence-corrected chi connectivity index (χ2v) is 4.80. The average Bonchev–Trinajstić information content (AvgIpc) is 2.34. The third kappa shape index (κ3) is 9.17. The van der Waals surface area contributed by atoms with E-state index >= 15 is 0 Å². The highest BCUT2D eigenvalue weighted by atomic mass is 15.0. The lowest BCUT2D eigenvalue weighted by molar-refractivity contribution is 0.385. The van der Waals surface area contributed by atoms with Crippen molar-refractivity contribution in [1.82, 2.24) is 10.6 Å². The summed E-state index contributed by atoms with van der Waals surface area (Å²) in [6, 6.07) is 0.675. The van der Waals surface area contributed by atoms with E-state index in [9.17, 15) is 0 Å². The van der Waals surface area contributed by atoms with Crippen LogP contribution in [0.4, 0.5) is 0 Å². The van der Waals surface area contributed by atoms with Gasteiger partial charge in [0.25, 0.3) is 0 Å². The van der Waals surface area contributed by atoms with Crippen molar-refractivity contribution in [2.75, 3.05) is 19.6 Å². The van der Waals surface area contributed by atoms with E-state index in [0.29, 0.717) is 6.04 Å². The summed E-state index contributed by atoms with van der Waals surface area (Å²) in [6.07, 6.45) is 7.44. The highest BCUT2D eigenvalue weighted by Crippen LogP contribution is 2.22. The minimum Gasteiger partial charge on any atom is -0.314 e. The molecule has 1 saturated heterocycles. The van der Waals surface area contributed by atoms with Gasteiger partial charge in [0.15, 0.2) is 0 Å². The Labute approximate surface area is 103 Å². The van der Waals surface area contributed by atoms with Crippen LogP contribution in [0, 0.1) is 5.92 Å². The Morgan fingerprint density at radius 3 is 1.75 bits per heavy atom. The van der Waals surface area contributed by atoms with Gasteiger partial charge in [-0.1, -0.05) is 52.9 Å². The van der Waals surface area contributed by atoms with Crippen molar-refractivity contribution in [2.24, 2.45) is 5.92 Å². The van der Waals surface area contributed by atoms with E-state index in [2.05, 4.69) is 24.5 Å². The Kier molecular flexibility index (Phi) is 11.3. The second-order valence-electron chi connectivity index (χ2n) is 4.80. The molecule has 1 aliphatic carbocycles. The molecular weight excluding hydrogens is 196 g/mol. The molecule has 2 rings (SSSR count). The van der Waals surface area contributed by atoms with Gasteiger partial charge >= 0.3 is 0 Å². The van der Waals surface area contributed by atoms with E-state index in [1.165, 1.54) is 32.1 Å². The van der Waals surface area contributed by atoms with Crippen LogP contribution in [0.1, 0.15) is 59.8 Å². The normalized spacial score (nSPS) is 25.9. The van der Waals surface area contributed by atoms with Gasteiger partial charge < -0.3 is 10.6 Å². The van der Waals surface area contributed by atoms with Crippen molar-refractivity contribution in [1.29, 1.82) is 0 Å². The Morgan fingerprint density at radius 1 is 0.875 bits per heavy atom. The lowest BCUT2D eigenvalue weighted by Crippen LogP contribution is -2.46. The SMILES string of the molecule is CC.CC1CCCCC1.CC1CNCCN1. The fourth-order valence-electron chi connectivity index (χ4n) is 2.10. The molecule has 2 heteroatoms. The molecular formula is C14H32N2. The van der Waals surface area contributed by atoms with Crippen LogP contribution in [-0.2, 0) is 0 Å². The van der Waals surface area contributed by atoms with E-state index in [4.69, 9.17) is 0 Å². The minimum absolute atomic E-state index is 0.675. The van der Waals surface area contributed by atoms with Crippen molar-refractivity contribution in [3.63, 3.8) is 0 Å². The topological polar surface area (TPSA) is 24.1 Å². The van der Waals surface area contributed by atoms with Crippen molar-refractivity contribution < 1.29 is 0 Å². The molecule has 2 N–H and O–H groups in total. The highest BCUT2D eigenvalue weighted by molar-refractivity contribution is 4.69. The lowest BCUT2D eigenvalue weighted by Gasteiger charge is -2.19. The number of hydrogen-bond acceptors (Lipinski definition) is 2. The van der Waals surface area contributed by atoms with Crippen molar-refractivity contribution in [3.8, 4) is 0 Å². The predicted octanol–water partition coefficient (Wildman–Crippen LogP) is 3.18. The van der Waals surface area contributed by atoms with Crippen molar-refractivity contribution in [3.05, 3.63) is 0 Å². The summed E-state index contributed by atoms with van der Waals surface area (Å²) in [5.41, 5.74) is 0. The van der Waals surface area contributed by atoms with Crippen molar-refractivity contribution >= 4 is 0 Å². The Balaban J connectivity index is 0.000000244. The maximum atomic E-state index is 3.32. The second kappa shape index (κ2) is 11.4. The smallest absolute Gasteiger partial charge is 0.0164 e. The van der Waals surface area contributed by atoms with Crippen LogP contribution in [0.3, 0.4) is 0 Å². The van der Waals surface area contributed by atoms with E-state index in [1.807, 2.05) is 13.8 Å². The standard InChI is InChI=1S/C7H14.C5H12N2.C2H6/c1-7-5-3-2-4-6-7;1-5-4-6-2-3-7-5;1-2/h7H,2-6H2,1H3;5-7H,2-4H2,1H3;1-2H3. The molecule has 0 bridgehead atoms. The molecule has 1 unspecified atom stereocenters. The highest BCUT2D eigenvalue weighted by Gasteiger charge is 2.06. The van der Waals surface area contributed by atoms with Crippen LogP contribution in [0.15, 0.2) is 0 Å². The first-order valence-corrected chi connectivity index (χ1v) is 7.23. The average molecular weight is 228 g/mol. The van der Waals surface area contributed by atoms with Crippen molar-refractivity contribution in [2.45, 2.75) is 65.8 Å². The molecule has 0 aromatic heterocycles. The van der Waals surface area contributed by atoms with E-state index in [1.54, 1.807) is 0 Å². The summed E-state index contributed by atoms with van der Waals surface area (Å²) >= 11 is 0. The Morgan fingerprint density at radius 2 is 1.50 bits per heavy atom. The molecule has 1 atom stereocenters. The van der Waals surface area contributed by atoms with Gasteiger partial charge in [0.05, 0.1) is 0 Å². The van der Waals surface area contributed by atoms with Crippen LogP contribution in [0.25, 0.3) is 0 Å². The molecule has 2 aliphatic rings. The van der Waals surface area contributed by atoms with Crippen LogP contribution in [-0.4, -0.2) is 25.7 Å². The first kappa shape index (κ1) is 15.9. The zero-order valence-electron chi connectivity index (χ0n) is 11.8. The number of piperazine rings is 1. The van der Waals surface area contributed by atoms with Gasteiger partial charge in [0.1, 0.15) is 0 Å². The van der Waals surface area contributed by atoms with Gasteiger partial charge in [0, 0.05) is 25.7 Å². The first-order chi connectivity index (χ1) is 7.79. The van der Waals surface area contributed by atoms with Gasteiger partial charge in [0.2, 0.25) is 0 Å². The van der Waals surface area contributed by atoms with E-state index in [0.717, 1.165) is 25.6 Å². The Hall–Kier alpha value is -0.0800.